The molecule has 2 N–H and O–H groups in total. The van der Waals surface area contributed by atoms with Crippen LogP contribution in [0.4, 0.5) is 0 Å². The Morgan fingerprint density at radius 2 is 2.08 bits per heavy atom. The van der Waals surface area contributed by atoms with E-state index in [1.165, 1.54) is 11.1 Å². The smallest absolute Gasteiger partial charge is 0.191 e. The summed E-state index contributed by atoms with van der Waals surface area (Å²) in [6, 6.07) is 12.9. The van der Waals surface area contributed by atoms with Crippen molar-refractivity contribution in [1.82, 2.24) is 15.6 Å². The number of hydrogen-bond donors (Lipinski definition) is 2. The largest absolute Gasteiger partial charge is 0.357 e. The van der Waals surface area contributed by atoms with Gasteiger partial charge < -0.3 is 10.6 Å². The van der Waals surface area contributed by atoms with E-state index in [2.05, 4.69) is 53.7 Å². The molecule has 1 aromatic carbocycles. The molecule has 26 heavy (non-hydrogen) atoms. The van der Waals surface area contributed by atoms with Crippen molar-refractivity contribution in [3.8, 4) is 0 Å². The number of benzene rings is 1. The molecular weight excluding hydrogens is 459 g/mol. The minimum absolute atomic E-state index is 0. The van der Waals surface area contributed by atoms with Crippen LogP contribution in [0.3, 0.4) is 0 Å². The van der Waals surface area contributed by atoms with Crippen molar-refractivity contribution in [3.05, 3.63) is 64.4 Å². The summed E-state index contributed by atoms with van der Waals surface area (Å²) in [6.07, 6.45) is 3.83. The average molecular weight is 485 g/mol. The van der Waals surface area contributed by atoms with Crippen molar-refractivity contribution in [3.63, 3.8) is 0 Å². The number of aryl methyl sites for hydroxylation is 1. The van der Waals surface area contributed by atoms with Crippen LogP contribution in [0, 0.1) is 6.92 Å². The molecular formula is C20H26ClIN4. The predicted molar refractivity (Wildman–Crippen MR) is 120 cm³/mol. The first-order valence-electron chi connectivity index (χ1n) is 8.88. The zero-order valence-corrected chi connectivity index (χ0v) is 18.3. The van der Waals surface area contributed by atoms with Crippen LogP contribution < -0.4 is 10.6 Å². The Balaban J connectivity index is 0.00000243. The normalized spacial score (nSPS) is 18.8. The van der Waals surface area contributed by atoms with Crippen LogP contribution in [0.5, 0.6) is 0 Å². The summed E-state index contributed by atoms with van der Waals surface area (Å²) < 4.78 is 0. The summed E-state index contributed by atoms with van der Waals surface area (Å²) >= 11 is 5.82. The molecule has 0 aliphatic heterocycles. The lowest BCUT2D eigenvalue weighted by Gasteiger charge is -2.12. The van der Waals surface area contributed by atoms with Crippen LogP contribution in [0.25, 0.3) is 0 Å². The van der Waals surface area contributed by atoms with Crippen LogP contribution in [-0.2, 0) is 6.42 Å². The van der Waals surface area contributed by atoms with Crippen molar-refractivity contribution in [2.24, 2.45) is 4.99 Å². The highest BCUT2D eigenvalue weighted by molar-refractivity contribution is 14.0. The van der Waals surface area contributed by atoms with Gasteiger partial charge in [-0.1, -0.05) is 41.9 Å². The fraction of sp³-hybridized carbons (Fsp3) is 0.400. The van der Waals surface area contributed by atoms with Gasteiger partial charge >= 0.3 is 0 Å². The number of hydrogen-bond acceptors (Lipinski definition) is 2. The number of nitrogens with one attached hydrogen (secondary N) is 2. The number of aliphatic imine (C=N–C) groups is 1. The van der Waals surface area contributed by atoms with Gasteiger partial charge in [-0.25, -0.2) is 4.98 Å². The molecule has 1 fully saturated rings. The average Bonchev–Trinajstić information content (AvgIpc) is 3.36. The first-order valence-corrected chi connectivity index (χ1v) is 9.26. The molecule has 0 saturated heterocycles. The van der Waals surface area contributed by atoms with E-state index in [9.17, 15) is 0 Å². The lowest BCUT2D eigenvalue weighted by atomic mass is 10.0. The third-order valence-corrected chi connectivity index (χ3v) is 4.73. The number of halogens is 2. The van der Waals surface area contributed by atoms with E-state index in [-0.39, 0.29) is 24.0 Å². The predicted octanol–water partition coefficient (Wildman–Crippen LogP) is 4.32. The van der Waals surface area contributed by atoms with E-state index < -0.39 is 0 Å². The third kappa shape index (κ3) is 5.84. The standard InChI is InChI=1S/C20H25ClN4.HI/c1-3-22-20(23-11-10-15-8-9-19(21)24-13-15)25-18-12-17(18)16-7-5-4-6-14(16)2;/h4-9,13,17-18H,3,10-12H2,1-2H3,(H2,22,23,25);1H. The van der Waals surface area contributed by atoms with Crippen molar-refractivity contribution >= 4 is 41.5 Å². The second-order valence-corrected chi connectivity index (χ2v) is 6.84. The van der Waals surface area contributed by atoms with Crippen molar-refractivity contribution in [1.29, 1.82) is 0 Å². The summed E-state index contributed by atoms with van der Waals surface area (Å²) in [7, 11) is 0. The maximum absolute atomic E-state index is 5.82. The Bertz CT molecular complexity index is 733. The highest BCUT2D eigenvalue weighted by Crippen LogP contribution is 2.41. The maximum Gasteiger partial charge on any atom is 0.191 e. The lowest BCUT2D eigenvalue weighted by Crippen LogP contribution is -2.39. The number of guanidine groups is 1. The molecule has 2 aromatic rings. The molecule has 1 aliphatic carbocycles. The molecule has 0 bridgehead atoms. The van der Waals surface area contributed by atoms with E-state index in [1.54, 1.807) is 0 Å². The number of aromatic nitrogens is 1. The van der Waals surface area contributed by atoms with E-state index in [0.717, 1.165) is 37.5 Å². The Hall–Kier alpha value is -1.34. The molecule has 0 spiro atoms. The Labute approximate surface area is 177 Å². The van der Waals surface area contributed by atoms with Crippen LogP contribution in [0.2, 0.25) is 5.15 Å². The molecule has 0 amide bonds. The minimum Gasteiger partial charge on any atom is -0.357 e. The number of nitrogens with zero attached hydrogens (tertiary/aromatic N) is 2. The monoisotopic (exact) mass is 484 g/mol. The van der Waals surface area contributed by atoms with Gasteiger partial charge in [-0.15, -0.1) is 24.0 Å². The zero-order chi connectivity index (χ0) is 17.6. The summed E-state index contributed by atoms with van der Waals surface area (Å²) in [6.45, 7) is 5.85. The highest BCUT2D eigenvalue weighted by atomic mass is 127. The van der Waals surface area contributed by atoms with E-state index in [1.807, 2.05) is 18.3 Å². The fourth-order valence-corrected chi connectivity index (χ4v) is 3.16. The van der Waals surface area contributed by atoms with Crippen LogP contribution in [0.1, 0.15) is 36.0 Å². The molecule has 140 valence electrons. The molecule has 1 saturated carbocycles. The summed E-state index contributed by atoms with van der Waals surface area (Å²) in [5.41, 5.74) is 3.96. The van der Waals surface area contributed by atoms with Gasteiger partial charge in [-0.05, 0) is 49.4 Å². The first-order chi connectivity index (χ1) is 12.2. The quantitative estimate of drug-likeness (QED) is 0.278. The van der Waals surface area contributed by atoms with Crippen LogP contribution in [0.15, 0.2) is 47.6 Å². The van der Waals surface area contributed by atoms with E-state index in [0.29, 0.717) is 17.1 Å². The summed E-state index contributed by atoms with van der Waals surface area (Å²) in [4.78, 5) is 8.80. The molecule has 4 nitrogen and oxygen atoms in total. The SMILES string of the molecule is CCNC(=NCCc1ccc(Cl)nc1)NC1CC1c1ccccc1C.I. The Kier molecular flexibility index (Phi) is 8.15. The molecule has 1 heterocycles. The van der Waals surface area contributed by atoms with Crippen molar-refractivity contribution in [2.45, 2.75) is 38.6 Å². The van der Waals surface area contributed by atoms with E-state index in [4.69, 9.17) is 16.6 Å². The second kappa shape index (κ2) is 10.1. The van der Waals surface area contributed by atoms with Gasteiger partial charge in [0.05, 0.1) is 0 Å². The number of rotatable bonds is 6. The topological polar surface area (TPSA) is 49.3 Å². The molecule has 2 unspecified atom stereocenters. The lowest BCUT2D eigenvalue weighted by molar-refractivity contribution is 0.790. The Morgan fingerprint density at radius 3 is 2.77 bits per heavy atom. The third-order valence-electron chi connectivity index (χ3n) is 4.50. The van der Waals surface area contributed by atoms with Gasteiger partial charge in [0.1, 0.15) is 5.15 Å². The number of pyridine rings is 1. The van der Waals surface area contributed by atoms with Gasteiger partial charge in [-0.3, -0.25) is 4.99 Å². The molecule has 1 aliphatic rings. The van der Waals surface area contributed by atoms with Crippen LogP contribution >= 0.6 is 35.6 Å². The van der Waals surface area contributed by atoms with Gasteiger partial charge in [0.15, 0.2) is 5.96 Å². The first kappa shape index (κ1) is 21.0. The minimum atomic E-state index is 0. The van der Waals surface area contributed by atoms with Crippen LogP contribution in [-0.4, -0.2) is 30.1 Å². The molecule has 3 rings (SSSR count). The molecule has 1 aromatic heterocycles. The summed E-state index contributed by atoms with van der Waals surface area (Å²) in [5.74, 6) is 1.48. The van der Waals surface area contributed by atoms with Gasteiger partial charge in [0, 0.05) is 31.2 Å². The van der Waals surface area contributed by atoms with Gasteiger partial charge in [0.25, 0.3) is 0 Å². The van der Waals surface area contributed by atoms with Crippen molar-refractivity contribution < 1.29 is 0 Å². The van der Waals surface area contributed by atoms with Gasteiger partial charge in [-0.2, -0.15) is 0 Å². The summed E-state index contributed by atoms with van der Waals surface area (Å²) in [5, 5.41) is 7.43. The van der Waals surface area contributed by atoms with E-state index >= 15 is 0 Å². The molecule has 0 radical (unpaired) electrons. The molecule has 6 heteroatoms. The maximum atomic E-state index is 5.82. The molecule has 2 atom stereocenters. The highest BCUT2D eigenvalue weighted by Gasteiger charge is 2.39. The Morgan fingerprint density at radius 1 is 1.27 bits per heavy atom. The van der Waals surface area contributed by atoms with Gasteiger partial charge in [0.2, 0.25) is 0 Å². The second-order valence-electron chi connectivity index (χ2n) is 6.45. The van der Waals surface area contributed by atoms with Crippen molar-refractivity contribution in [2.75, 3.05) is 13.1 Å². The zero-order valence-electron chi connectivity index (χ0n) is 15.2. The fourth-order valence-electron chi connectivity index (χ4n) is 3.05.